The summed E-state index contributed by atoms with van der Waals surface area (Å²) in [6.07, 6.45) is 2.20. The van der Waals surface area contributed by atoms with Gasteiger partial charge in [0, 0.05) is 23.9 Å². The summed E-state index contributed by atoms with van der Waals surface area (Å²) in [6.45, 7) is 3.85. The van der Waals surface area contributed by atoms with Crippen LogP contribution in [0.3, 0.4) is 0 Å². The molecule has 0 amide bonds. The monoisotopic (exact) mass is 213 g/mol. The van der Waals surface area contributed by atoms with Gasteiger partial charge in [0.1, 0.15) is 5.78 Å². The zero-order chi connectivity index (χ0) is 11.5. The van der Waals surface area contributed by atoms with Gasteiger partial charge >= 0.3 is 0 Å². The summed E-state index contributed by atoms with van der Waals surface area (Å²) in [4.78, 5) is 16.0. The summed E-state index contributed by atoms with van der Waals surface area (Å²) in [7, 11) is 0. The molecule has 0 bridgehead atoms. The minimum absolute atomic E-state index is 0.0702. The standard InChI is InChI=1S/C14H15NO/c1-10(2)14(16)9-13-12-6-4-3-5-11(12)7-8-15-13/h3-8,10H,9H2,1-2H3. The number of rotatable bonds is 3. The molecule has 16 heavy (non-hydrogen) atoms. The van der Waals surface area contributed by atoms with E-state index in [4.69, 9.17) is 0 Å². The summed E-state index contributed by atoms with van der Waals surface area (Å²) in [6, 6.07) is 10.0. The number of ketones is 1. The Hall–Kier alpha value is -1.70. The fourth-order valence-electron chi connectivity index (χ4n) is 1.69. The van der Waals surface area contributed by atoms with Crippen LogP contribution in [0, 0.1) is 5.92 Å². The lowest BCUT2D eigenvalue weighted by Gasteiger charge is -2.06. The SMILES string of the molecule is CC(C)C(=O)Cc1nccc2ccccc12. The van der Waals surface area contributed by atoms with Crippen LogP contribution in [0.2, 0.25) is 0 Å². The fraction of sp³-hybridized carbons (Fsp3) is 0.286. The Balaban J connectivity index is 2.41. The van der Waals surface area contributed by atoms with Crippen LogP contribution in [-0.2, 0) is 11.2 Å². The summed E-state index contributed by atoms with van der Waals surface area (Å²) < 4.78 is 0. The number of carbonyl (C=O) groups is 1. The Morgan fingerprint density at radius 1 is 1.25 bits per heavy atom. The van der Waals surface area contributed by atoms with Gasteiger partial charge in [0.25, 0.3) is 0 Å². The highest BCUT2D eigenvalue weighted by Crippen LogP contribution is 2.17. The van der Waals surface area contributed by atoms with Crippen molar-refractivity contribution in [2.75, 3.05) is 0 Å². The van der Waals surface area contributed by atoms with Crippen LogP contribution in [0.15, 0.2) is 36.5 Å². The van der Waals surface area contributed by atoms with Crippen molar-refractivity contribution in [1.29, 1.82) is 0 Å². The molecule has 82 valence electrons. The van der Waals surface area contributed by atoms with Crippen LogP contribution in [0.25, 0.3) is 10.8 Å². The fourth-order valence-corrected chi connectivity index (χ4v) is 1.69. The summed E-state index contributed by atoms with van der Waals surface area (Å²) >= 11 is 0. The van der Waals surface area contributed by atoms with Crippen molar-refractivity contribution in [2.24, 2.45) is 5.92 Å². The lowest BCUT2D eigenvalue weighted by atomic mass is 10.0. The largest absolute Gasteiger partial charge is 0.299 e. The highest BCUT2D eigenvalue weighted by atomic mass is 16.1. The number of Topliss-reactive ketones (excluding diaryl/α,β-unsaturated/α-hetero) is 1. The van der Waals surface area contributed by atoms with Gasteiger partial charge in [-0.25, -0.2) is 0 Å². The third-order valence-electron chi connectivity index (χ3n) is 2.74. The zero-order valence-corrected chi connectivity index (χ0v) is 9.60. The highest BCUT2D eigenvalue weighted by molar-refractivity contribution is 5.90. The molecule has 1 aromatic heterocycles. The number of carbonyl (C=O) groups excluding carboxylic acids is 1. The van der Waals surface area contributed by atoms with E-state index in [1.807, 2.05) is 44.2 Å². The van der Waals surface area contributed by atoms with Crippen LogP contribution in [0.5, 0.6) is 0 Å². The third-order valence-corrected chi connectivity index (χ3v) is 2.74. The van der Waals surface area contributed by atoms with E-state index in [-0.39, 0.29) is 11.7 Å². The quantitative estimate of drug-likeness (QED) is 0.784. The van der Waals surface area contributed by atoms with Gasteiger partial charge in [-0.2, -0.15) is 0 Å². The molecule has 0 radical (unpaired) electrons. The molecular formula is C14H15NO. The topological polar surface area (TPSA) is 30.0 Å². The summed E-state index contributed by atoms with van der Waals surface area (Å²) in [5.74, 6) is 0.310. The Bertz CT molecular complexity index is 512. The minimum Gasteiger partial charge on any atom is -0.299 e. The molecule has 0 atom stereocenters. The lowest BCUT2D eigenvalue weighted by molar-refractivity contribution is -0.121. The van der Waals surface area contributed by atoms with Crippen molar-refractivity contribution in [3.05, 3.63) is 42.2 Å². The van der Waals surface area contributed by atoms with E-state index >= 15 is 0 Å². The first-order valence-electron chi connectivity index (χ1n) is 5.54. The molecule has 2 heteroatoms. The molecule has 2 rings (SSSR count). The van der Waals surface area contributed by atoms with Crippen molar-refractivity contribution in [3.63, 3.8) is 0 Å². The van der Waals surface area contributed by atoms with Gasteiger partial charge in [-0.05, 0) is 11.5 Å². The number of nitrogens with zero attached hydrogens (tertiary/aromatic N) is 1. The molecule has 0 spiro atoms. The molecule has 1 aromatic carbocycles. The van der Waals surface area contributed by atoms with Gasteiger partial charge in [-0.1, -0.05) is 38.1 Å². The maximum absolute atomic E-state index is 11.7. The second kappa shape index (κ2) is 4.44. The van der Waals surface area contributed by atoms with E-state index in [9.17, 15) is 4.79 Å². The number of aromatic nitrogens is 1. The number of fused-ring (bicyclic) bond motifs is 1. The van der Waals surface area contributed by atoms with Gasteiger partial charge in [-0.15, -0.1) is 0 Å². The number of hydrogen-bond donors (Lipinski definition) is 0. The maximum atomic E-state index is 11.7. The average molecular weight is 213 g/mol. The molecule has 0 saturated carbocycles. The molecular weight excluding hydrogens is 198 g/mol. The number of pyridine rings is 1. The second-order valence-electron chi connectivity index (χ2n) is 4.28. The lowest BCUT2D eigenvalue weighted by Crippen LogP contribution is -2.11. The van der Waals surface area contributed by atoms with Crippen LogP contribution in [0.1, 0.15) is 19.5 Å². The molecule has 0 aliphatic carbocycles. The first-order valence-corrected chi connectivity index (χ1v) is 5.54. The normalized spacial score (nSPS) is 10.9. The number of hydrogen-bond acceptors (Lipinski definition) is 2. The molecule has 2 aromatic rings. The van der Waals surface area contributed by atoms with Gasteiger partial charge in [0.05, 0.1) is 5.69 Å². The first kappa shape index (κ1) is 10.8. The zero-order valence-electron chi connectivity index (χ0n) is 9.60. The second-order valence-corrected chi connectivity index (χ2v) is 4.28. The van der Waals surface area contributed by atoms with E-state index in [1.165, 1.54) is 0 Å². The van der Waals surface area contributed by atoms with E-state index in [2.05, 4.69) is 4.98 Å². The number of benzene rings is 1. The van der Waals surface area contributed by atoms with Crippen LogP contribution >= 0.6 is 0 Å². The van der Waals surface area contributed by atoms with Crippen molar-refractivity contribution in [2.45, 2.75) is 20.3 Å². The minimum atomic E-state index is 0.0702. The van der Waals surface area contributed by atoms with Crippen molar-refractivity contribution >= 4 is 16.6 Å². The third kappa shape index (κ3) is 2.11. The van der Waals surface area contributed by atoms with Gasteiger partial charge in [-0.3, -0.25) is 9.78 Å². The Morgan fingerprint density at radius 3 is 2.75 bits per heavy atom. The van der Waals surface area contributed by atoms with Gasteiger partial charge < -0.3 is 0 Å². The van der Waals surface area contributed by atoms with Gasteiger partial charge in [0.2, 0.25) is 0 Å². The predicted octanol–water partition coefficient (Wildman–Crippen LogP) is 3.00. The Morgan fingerprint density at radius 2 is 2.00 bits per heavy atom. The van der Waals surface area contributed by atoms with Crippen LogP contribution < -0.4 is 0 Å². The van der Waals surface area contributed by atoms with E-state index in [0.717, 1.165) is 16.5 Å². The van der Waals surface area contributed by atoms with E-state index in [0.29, 0.717) is 6.42 Å². The first-order chi connectivity index (χ1) is 7.68. The highest BCUT2D eigenvalue weighted by Gasteiger charge is 2.11. The molecule has 0 unspecified atom stereocenters. The van der Waals surface area contributed by atoms with Gasteiger partial charge in [0.15, 0.2) is 0 Å². The molecule has 2 nitrogen and oxygen atoms in total. The van der Waals surface area contributed by atoms with E-state index in [1.54, 1.807) is 6.20 Å². The molecule has 0 aliphatic heterocycles. The molecule has 1 heterocycles. The molecule has 0 saturated heterocycles. The molecule has 0 N–H and O–H groups in total. The van der Waals surface area contributed by atoms with E-state index < -0.39 is 0 Å². The predicted molar refractivity (Wildman–Crippen MR) is 65.3 cm³/mol. The Kier molecular flexibility index (Phi) is 3.00. The van der Waals surface area contributed by atoms with Crippen LogP contribution in [0.4, 0.5) is 0 Å². The van der Waals surface area contributed by atoms with Crippen LogP contribution in [-0.4, -0.2) is 10.8 Å². The van der Waals surface area contributed by atoms with Crippen molar-refractivity contribution in [1.82, 2.24) is 4.98 Å². The summed E-state index contributed by atoms with van der Waals surface area (Å²) in [5, 5.41) is 2.23. The smallest absolute Gasteiger partial charge is 0.141 e. The molecule has 0 fully saturated rings. The maximum Gasteiger partial charge on any atom is 0.141 e. The van der Waals surface area contributed by atoms with Crippen molar-refractivity contribution in [3.8, 4) is 0 Å². The summed E-state index contributed by atoms with van der Waals surface area (Å²) in [5.41, 5.74) is 0.886. The van der Waals surface area contributed by atoms with Crippen molar-refractivity contribution < 1.29 is 4.79 Å². The Labute approximate surface area is 95.3 Å². The molecule has 0 aliphatic rings. The average Bonchev–Trinajstić information content (AvgIpc) is 2.29.